The summed E-state index contributed by atoms with van der Waals surface area (Å²) in [5.41, 5.74) is 3.40. The van der Waals surface area contributed by atoms with Crippen LogP contribution in [0.1, 0.15) is 34.3 Å². The van der Waals surface area contributed by atoms with Gasteiger partial charge in [-0.2, -0.15) is 0 Å². The lowest BCUT2D eigenvalue weighted by molar-refractivity contribution is 0.0681. The number of anilines is 2. The van der Waals surface area contributed by atoms with Crippen LogP contribution in [0.4, 0.5) is 11.4 Å². The van der Waals surface area contributed by atoms with E-state index in [2.05, 4.69) is 10.0 Å². The molecule has 3 aromatic rings. The SMILES string of the molecule is Cc1ccc(NS(=O)(=O)c2ccc(C(=O)Nc3ccc(C)cc3OCC3CCCO3)cc2)cc1. The number of ether oxygens (including phenoxy) is 2. The van der Waals surface area contributed by atoms with Gasteiger partial charge in [-0.05, 0) is 80.8 Å². The highest BCUT2D eigenvalue weighted by Gasteiger charge is 2.19. The number of carbonyl (C=O) groups is 1. The number of amides is 1. The molecule has 4 rings (SSSR count). The summed E-state index contributed by atoms with van der Waals surface area (Å²) >= 11 is 0. The van der Waals surface area contributed by atoms with Crippen LogP contribution in [0.15, 0.2) is 71.6 Å². The molecule has 1 fully saturated rings. The molecular formula is C26H28N2O5S. The number of aryl methyl sites for hydroxylation is 2. The zero-order chi connectivity index (χ0) is 24.1. The molecule has 34 heavy (non-hydrogen) atoms. The van der Waals surface area contributed by atoms with E-state index in [4.69, 9.17) is 9.47 Å². The van der Waals surface area contributed by atoms with E-state index in [0.717, 1.165) is 30.6 Å². The number of sulfonamides is 1. The molecular weight excluding hydrogens is 452 g/mol. The van der Waals surface area contributed by atoms with Gasteiger partial charge in [-0.1, -0.05) is 23.8 Å². The first-order chi connectivity index (χ1) is 16.3. The van der Waals surface area contributed by atoms with Crippen molar-refractivity contribution in [1.29, 1.82) is 0 Å². The van der Waals surface area contributed by atoms with Gasteiger partial charge in [-0.15, -0.1) is 0 Å². The average Bonchev–Trinajstić information content (AvgIpc) is 3.34. The van der Waals surface area contributed by atoms with Gasteiger partial charge >= 0.3 is 0 Å². The first-order valence-corrected chi connectivity index (χ1v) is 12.6. The van der Waals surface area contributed by atoms with Crippen LogP contribution < -0.4 is 14.8 Å². The molecule has 0 spiro atoms. The summed E-state index contributed by atoms with van der Waals surface area (Å²) in [6.45, 7) is 5.05. The Kier molecular flexibility index (Phi) is 7.19. The van der Waals surface area contributed by atoms with Crippen LogP contribution >= 0.6 is 0 Å². The van der Waals surface area contributed by atoms with Crippen LogP contribution in [0, 0.1) is 13.8 Å². The average molecular weight is 481 g/mol. The third kappa shape index (κ3) is 5.95. The van der Waals surface area contributed by atoms with Gasteiger partial charge in [0.2, 0.25) is 0 Å². The van der Waals surface area contributed by atoms with Crippen LogP contribution in [0.25, 0.3) is 0 Å². The third-order valence-electron chi connectivity index (χ3n) is 5.56. The van der Waals surface area contributed by atoms with Gasteiger partial charge in [0, 0.05) is 17.9 Å². The normalized spacial score (nSPS) is 15.6. The van der Waals surface area contributed by atoms with Crippen molar-refractivity contribution in [2.24, 2.45) is 0 Å². The first kappa shape index (κ1) is 23.8. The topological polar surface area (TPSA) is 93.7 Å². The molecule has 0 aliphatic carbocycles. The molecule has 1 aliphatic rings. The quantitative estimate of drug-likeness (QED) is 0.478. The summed E-state index contributed by atoms with van der Waals surface area (Å²) in [5, 5.41) is 2.86. The molecule has 0 radical (unpaired) electrons. The predicted molar refractivity (Wildman–Crippen MR) is 132 cm³/mol. The zero-order valence-corrected chi connectivity index (χ0v) is 20.0. The molecule has 8 heteroatoms. The Balaban J connectivity index is 1.44. The zero-order valence-electron chi connectivity index (χ0n) is 19.2. The molecule has 2 N–H and O–H groups in total. The molecule has 178 valence electrons. The Labute approximate surface area is 200 Å². The second kappa shape index (κ2) is 10.3. The lowest BCUT2D eigenvalue weighted by atomic mass is 10.1. The molecule has 0 aromatic heterocycles. The van der Waals surface area contributed by atoms with E-state index in [1.165, 1.54) is 24.3 Å². The minimum atomic E-state index is -3.77. The van der Waals surface area contributed by atoms with E-state index >= 15 is 0 Å². The van der Waals surface area contributed by atoms with Gasteiger partial charge < -0.3 is 14.8 Å². The Morgan fingerprint density at radius 1 is 1.00 bits per heavy atom. The molecule has 0 bridgehead atoms. The summed E-state index contributed by atoms with van der Waals surface area (Å²) in [4.78, 5) is 12.9. The van der Waals surface area contributed by atoms with E-state index < -0.39 is 10.0 Å². The molecule has 1 saturated heterocycles. The van der Waals surface area contributed by atoms with Crippen LogP contribution in [-0.2, 0) is 14.8 Å². The van der Waals surface area contributed by atoms with E-state index in [1.54, 1.807) is 18.2 Å². The fraction of sp³-hybridized carbons (Fsp3) is 0.269. The Bertz CT molecular complexity index is 1250. The minimum Gasteiger partial charge on any atom is -0.489 e. The lowest BCUT2D eigenvalue weighted by Crippen LogP contribution is -2.18. The van der Waals surface area contributed by atoms with Gasteiger partial charge in [-0.3, -0.25) is 9.52 Å². The fourth-order valence-corrected chi connectivity index (χ4v) is 4.68. The van der Waals surface area contributed by atoms with Gasteiger partial charge in [0.1, 0.15) is 12.4 Å². The van der Waals surface area contributed by atoms with Gasteiger partial charge in [0.15, 0.2) is 0 Å². The van der Waals surface area contributed by atoms with Crippen molar-refractivity contribution in [3.05, 3.63) is 83.4 Å². The maximum absolute atomic E-state index is 12.8. The van der Waals surface area contributed by atoms with Crippen molar-refractivity contribution >= 4 is 27.3 Å². The van der Waals surface area contributed by atoms with Gasteiger partial charge in [-0.25, -0.2) is 8.42 Å². The van der Waals surface area contributed by atoms with Crippen LogP contribution in [0.3, 0.4) is 0 Å². The molecule has 3 aromatic carbocycles. The molecule has 1 atom stereocenters. The lowest BCUT2D eigenvalue weighted by Gasteiger charge is -2.16. The van der Waals surface area contributed by atoms with E-state index in [-0.39, 0.29) is 16.9 Å². The standard InChI is InChI=1S/C26H28N2O5S/c1-18-5-10-21(11-6-18)28-34(30,31)23-12-8-20(9-13-23)26(29)27-24-14-7-19(2)16-25(24)33-17-22-4-3-15-32-22/h5-14,16,22,28H,3-4,15,17H2,1-2H3,(H,27,29). The second-order valence-electron chi connectivity index (χ2n) is 8.40. The number of hydrogen-bond acceptors (Lipinski definition) is 5. The third-order valence-corrected chi connectivity index (χ3v) is 6.96. The maximum Gasteiger partial charge on any atom is 0.261 e. The molecule has 0 saturated carbocycles. The number of carbonyl (C=O) groups excluding carboxylic acids is 1. The number of nitrogens with one attached hydrogen (secondary N) is 2. The van der Waals surface area contributed by atoms with Crippen LogP contribution in [0.2, 0.25) is 0 Å². The van der Waals surface area contributed by atoms with Crippen LogP contribution in [0.5, 0.6) is 5.75 Å². The monoisotopic (exact) mass is 480 g/mol. The highest BCUT2D eigenvalue weighted by molar-refractivity contribution is 7.92. The highest BCUT2D eigenvalue weighted by atomic mass is 32.2. The molecule has 1 amide bonds. The summed E-state index contributed by atoms with van der Waals surface area (Å²) in [6.07, 6.45) is 2.05. The van der Waals surface area contributed by atoms with Crippen molar-refractivity contribution in [2.45, 2.75) is 37.7 Å². The molecule has 1 unspecified atom stereocenters. The van der Waals surface area contributed by atoms with E-state index in [9.17, 15) is 13.2 Å². The van der Waals surface area contributed by atoms with Crippen LogP contribution in [-0.4, -0.2) is 33.6 Å². The first-order valence-electron chi connectivity index (χ1n) is 11.2. The number of benzene rings is 3. The predicted octanol–water partition coefficient (Wildman–Crippen LogP) is 4.91. The summed E-state index contributed by atoms with van der Waals surface area (Å²) in [6, 6.07) is 18.4. The van der Waals surface area contributed by atoms with E-state index in [1.807, 2.05) is 38.1 Å². The van der Waals surface area contributed by atoms with Gasteiger partial charge in [0.25, 0.3) is 15.9 Å². The molecule has 1 aliphatic heterocycles. The van der Waals surface area contributed by atoms with E-state index in [0.29, 0.717) is 29.3 Å². The van der Waals surface area contributed by atoms with Gasteiger partial charge in [0.05, 0.1) is 16.7 Å². The Hall–Kier alpha value is -3.36. The summed E-state index contributed by atoms with van der Waals surface area (Å²) in [5.74, 6) is 0.214. The Morgan fingerprint density at radius 3 is 2.38 bits per heavy atom. The van der Waals surface area contributed by atoms with Crippen molar-refractivity contribution in [3.8, 4) is 5.75 Å². The smallest absolute Gasteiger partial charge is 0.261 e. The molecule has 1 heterocycles. The fourth-order valence-electron chi connectivity index (χ4n) is 3.63. The van der Waals surface area contributed by atoms with Crippen molar-refractivity contribution < 1.29 is 22.7 Å². The maximum atomic E-state index is 12.8. The summed E-state index contributed by atoms with van der Waals surface area (Å²) < 4.78 is 39.4. The van der Waals surface area contributed by atoms with Crippen molar-refractivity contribution in [1.82, 2.24) is 0 Å². The van der Waals surface area contributed by atoms with Crippen molar-refractivity contribution in [3.63, 3.8) is 0 Å². The second-order valence-corrected chi connectivity index (χ2v) is 10.1. The molecule has 7 nitrogen and oxygen atoms in total. The Morgan fingerprint density at radius 2 is 1.71 bits per heavy atom. The minimum absolute atomic E-state index is 0.0621. The number of rotatable bonds is 8. The number of hydrogen-bond donors (Lipinski definition) is 2. The highest BCUT2D eigenvalue weighted by Crippen LogP contribution is 2.28. The van der Waals surface area contributed by atoms with Crippen molar-refractivity contribution in [2.75, 3.05) is 23.3 Å². The summed E-state index contributed by atoms with van der Waals surface area (Å²) in [7, 11) is -3.77. The largest absolute Gasteiger partial charge is 0.489 e.